The van der Waals surface area contributed by atoms with Gasteiger partial charge in [-0.2, -0.15) is 0 Å². The van der Waals surface area contributed by atoms with Gasteiger partial charge in [0, 0.05) is 32.6 Å². The van der Waals surface area contributed by atoms with Gasteiger partial charge in [-0.3, -0.25) is 9.69 Å². The van der Waals surface area contributed by atoms with E-state index in [0.717, 1.165) is 37.3 Å². The Hall–Kier alpha value is -2.01. The molecule has 0 spiro atoms. The number of carbonyl (C=O) groups excluding carboxylic acids is 1. The van der Waals surface area contributed by atoms with Crippen LogP contribution in [0.2, 0.25) is 0 Å². The zero-order chi connectivity index (χ0) is 18.2. The van der Waals surface area contributed by atoms with Crippen LogP contribution in [0.1, 0.15) is 30.6 Å². The summed E-state index contributed by atoms with van der Waals surface area (Å²) in [5, 5.41) is 3.33. The van der Waals surface area contributed by atoms with Crippen molar-refractivity contribution in [2.75, 3.05) is 32.8 Å². The summed E-state index contributed by atoms with van der Waals surface area (Å²) in [7, 11) is 0. The highest BCUT2D eigenvalue weighted by atomic mass is 16.5. The van der Waals surface area contributed by atoms with Gasteiger partial charge in [-0.15, -0.1) is 0 Å². The van der Waals surface area contributed by atoms with Gasteiger partial charge in [0.15, 0.2) is 5.78 Å². The Morgan fingerprint density at radius 1 is 1.12 bits per heavy atom. The first-order valence-corrected chi connectivity index (χ1v) is 9.48. The number of benzene rings is 2. The number of hydrogen-bond acceptors (Lipinski definition) is 4. The molecular weight excluding hydrogens is 324 g/mol. The minimum atomic E-state index is -0.0827. The van der Waals surface area contributed by atoms with Gasteiger partial charge < -0.3 is 10.1 Å². The highest BCUT2D eigenvalue weighted by molar-refractivity contribution is 5.84. The average Bonchev–Trinajstić information content (AvgIpc) is 2.72. The molecule has 0 amide bonds. The molecule has 0 bridgehead atoms. The summed E-state index contributed by atoms with van der Waals surface area (Å²) in [6.07, 6.45) is 0.501. The van der Waals surface area contributed by atoms with E-state index in [4.69, 9.17) is 4.74 Å². The maximum absolute atomic E-state index is 12.2. The summed E-state index contributed by atoms with van der Waals surface area (Å²) in [6.45, 7) is 5.87. The van der Waals surface area contributed by atoms with Crippen molar-refractivity contribution in [2.24, 2.45) is 0 Å². The van der Waals surface area contributed by atoms with Gasteiger partial charge in [0.05, 0.1) is 12.6 Å². The molecular formula is C22H28N2O2. The Morgan fingerprint density at radius 3 is 2.31 bits per heavy atom. The fourth-order valence-corrected chi connectivity index (χ4v) is 3.50. The normalized spacial score (nSPS) is 18.2. The second-order valence-electron chi connectivity index (χ2n) is 6.65. The number of rotatable bonds is 8. The van der Waals surface area contributed by atoms with Crippen LogP contribution in [0.25, 0.3) is 0 Å². The van der Waals surface area contributed by atoms with E-state index in [2.05, 4.69) is 34.5 Å². The van der Waals surface area contributed by atoms with E-state index >= 15 is 0 Å². The summed E-state index contributed by atoms with van der Waals surface area (Å²) in [6, 6.07) is 20.6. The van der Waals surface area contributed by atoms with E-state index in [9.17, 15) is 4.79 Å². The van der Waals surface area contributed by atoms with Gasteiger partial charge in [0.1, 0.15) is 6.10 Å². The lowest BCUT2D eigenvalue weighted by molar-refractivity contribution is -0.125. The summed E-state index contributed by atoms with van der Waals surface area (Å²) in [5.74, 6) is 0.305. The molecule has 26 heavy (non-hydrogen) atoms. The Morgan fingerprint density at radius 2 is 1.73 bits per heavy atom. The molecule has 2 aromatic rings. The average molecular weight is 352 g/mol. The van der Waals surface area contributed by atoms with Crippen LogP contribution in [0, 0.1) is 0 Å². The van der Waals surface area contributed by atoms with Crippen molar-refractivity contribution >= 4 is 5.78 Å². The van der Waals surface area contributed by atoms with E-state index in [1.165, 1.54) is 0 Å². The second kappa shape index (κ2) is 9.62. The fourth-order valence-electron chi connectivity index (χ4n) is 3.50. The van der Waals surface area contributed by atoms with Crippen molar-refractivity contribution in [1.82, 2.24) is 10.2 Å². The van der Waals surface area contributed by atoms with Gasteiger partial charge in [-0.25, -0.2) is 0 Å². The maximum Gasteiger partial charge on any atom is 0.150 e. The SMILES string of the molecule is CCC(=O)C1CNCCN1CCOC(c1ccccc1)c1ccccc1. The lowest BCUT2D eigenvalue weighted by Gasteiger charge is -2.35. The molecule has 0 aromatic heterocycles. The molecule has 4 heteroatoms. The number of nitrogens with one attached hydrogen (secondary N) is 1. The lowest BCUT2D eigenvalue weighted by atomic mass is 10.0. The first kappa shape index (κ1) is 18.8. The molecule has 1 heterocycles. The zero-order valence-corrected chi connectivity index (χ0v) is 15.4. The molecule has 1 aliphatic rings. The van der Waals surface area contributed by atoms with Crippen molar-refractivity contribution in [3.05, 3.63) is 71.8 Å². The summed E-state index contributed by atoms with van der Waals surface area (Å²) in [5.41, 5.74) is 2.31. The maximum atomic E-state index is 12.2. The molecule has 0 aliphatic carbocycles. The third-order valence-electron chi connectivity index (χ3n) is 4.94. The van der Waals surface area contributed by atoms with E-state index in [-0.39, 0.29) is 12.1 Å². The number of hydrogen-bond donors (Lipinski definition) is 1. The van der Waals surface area contributed by atoms with Crippen molar-refractivity contribution in [1.29, 1.82) is 0 Å². The van der Waals surface area contributed by atoms with Gasteiger partial charge in [0.2, 0.25) is 0 Å². The monoisotopic (exact) mass is 352 g/mol. The van der Waals surface area contributed by atoms with E-state index < -0.39 is 0 Å². The number of ketones is 1. The molecule has 1 aliphatic heterocycles. The minimum absolute atomic E-state index is 0.0238. The predicted molar refractivity (Wildman–Crippen MR) is 104 cm³/mol. The van der Waals surface area contributed by atoms with Gasteiger partial charge in [-0.1, -0.05) is 67.6 Å². The number of piperazine rings is 1. The van der Waals surface area contributed by atoms with Crippen molar-refractivity contribution in [3.8, 4) is 0 Å². The van der Waals surface area contributed by atoms with Crippen molar-refractivity contribution in [2.45, 2.75) is 25.5 Å². The molecule has 0 saturated carbocycles. The fraction of sp³-hybridized carbons (Fsp3) is 0.409. The molecule has 1 unspecified atom stereocenters. The lowest BCUT2D eigenvalue weighted by Crippen LogP contribution is -2.55. The first-order chi connectivity index (χ1) is 12.8. The van der Waals surface area contributed by atoms with E-state index in [1.54, 1.807) is 0 Å². The van der Waals surface area contributed by atoms with Crippen LogP contribution < -0.4 is 5.32 Å². The zero-order valence-electron chi connectivity index (χ0n) is 15.4. The Balaban J connectivity index is 1.65. The minimum Gasteiger partial charge on any atom is -0.367 e. The molecule has 1 N–H and O–H groups in total. The third-order valence-corrected chi connectivity index (χ3v) is 4.94. The standard InChI is InChI=1S/C22H28N2O2/c1-2-21(25)20-17-23-13-14-24(20)15-16-26-22(18-9-5-3-6-10-18)19-11-7-4-8-12-19/h3-12,20,22-23H,2,13-17H2,1H3. The second-order valence-corrected chi connectivity index (χ2v) is 6.65. The highest BCUT2D eigenvalue weighted by Gasteiger charge is 2.27. The van der Waals surface area contributed by atoms with Crippen LogP contribution in [-0.2, 0) is 9.53 Å². The van der Waals surface area contributed by atoms with E-state index in [0.29, 0.717) is 18.8 Å². The van der Waals surface area contributed by atoms with Crippen LogP contribution in [-0.4, -0.2) is 49.5 Å². The van der Waals surface area contributed by atoms with Crippen molar-refractivity contribution in [3.63, 3.8) is 0 Å². The molecule has 1 saturated heterocycles. The molecule has 4 nitrogen and oxygen atoms in total. The summed E-state index contributed by atoms with van der Waals surface area (Å²) >= 11 is 0. The quantitative estimate of drug-likeness (QED) is 0.793. The first-order valence-electron chi connectivity index (χ1n) is 9.48. The van der Waals surface area contributed by atoms with E-state index in [1.807, 2.05) is 43.3 Å². The molecule has 3 rings (SSSR count). The summed E-state index contributed by atoms with van der Waals surface area (Å²) < 4.78 is 6.31. The summed E-state index contributed by atoms with van der Waals surface area (Å²) in [4.78, 5) is 14.5. The van der Waals surface area contributed by atoms with Crippen LogP contribution >= 0.6 is 0 Å². The Labute approximate surface area is 156 Å². The third kappa shape index (κ3) is 4.79. The number of nitrogens with zero attached hydrogens (tertiary/aromatic N) is 1. The van der Waals surface area contributed by atoms with Crippen LogP contribution in [0.15, 0.2) is 60.7 Å². The van der Waals surface area contributed by atoms with Gasteiger partial charge in [-0.05, 0) is 11.1 Å². The molecule has 138 valence electrons. The smallest absolute Gasteiger partial charge is 0.150 e. The van der Waals surface area contributed by atoms with Crippen LogP contribution in [0.5, 0.6) is 0 Å². The van der Waals surface area contributed by atoms with Crippen molar-refractivity contribution < 1.29 is 9.53 Å². The molecule has 0 radical (unpaired) electrons. The molecule has 1 fully saturated rings. The van der Waals surface area contributed by atoms with Crippen LogP contribution in [0.3, 0.4) is 0 Å². The van der Waals surface area contributed by atoms with Gasteiger partial charge in [0.25, 0.3) is 0 Å². The number of ether oxygens (including phenoxy) is 1. The Kier molecular flexibility index (Phi) is 6.95. The topological polar surface area (TPSA) is 41.6 Å². The highest BCUT2D eigenvalue weighted by Crippen LogP contribution is 2.25. The molecule has 1 atom stereocenters. The molecule has 2 aromatic carbocycles. The number of Topliss-reactive ketones (excluding diaryl/α,β-unsaturated/α-hetero) is 1. The Bertz CT molecular complexity index is 636. The number of carbonyl (C=O) groups is 1. The van der Waals surface area contributed by atoms with Crippen LogP contribution in [0.4, 0.5) is 0 Å². The largest absolute Gasteiger partial charge is 0.367 e. The predicted octanol–water partition coefficient (Wildman–Crippen LogP) is 3.05. The van der Waals surface area contributed by atoms with Gasteiger partial charge >= 0.3 is 0 Å².